The fraction of sp³-hybridized carbons (Fsp3) is 0.400. The first-order valence-corrected chi connectivity index (χ1v) is 8.71. The number of halogens is 3. The molecule has 1 atom stereocenters. The van der Waals surface area contributed by atoms with E-state index in [4.69, 9.17) is 4.74 Å². The minimum Gasteiger partial charge on any atom is -0.368 e. The Hall–Kier alpha value is -1.38. The van der Waals surface area contributed by atoms with Crippen LogP contribution in [0.25, 0.3) is 0 Å². The molecule has 124 valence electrons. The summed E-state index contributed by atoms with van der Waals surface area (Å²) in [4.78, 5) is 12.5. The topological polar surface area (TPSA) is 38.3 Å². The molecular formula is C15H14F3NO2S2. The summed E-state index contributed by atoms with van der Waals surface area (Å²) in [7, 11) is 0. The molecule has 2 aromatic heterocycles. The summed E-state index contributed by atoms with van der Waals surface area (Å²) in [5.41, 5.74) is -0.0552. The number of amides is 1. The van der Waals surface area contributed by atoms with Gasteiger partial charge in [-0.05, 0) is 35.4 Å². The van der Waals surface area contributed by atoms with E-state index in [9.17, 15) is 18.0 Å². The van der Waals surface area contributed by atoms with Crippen molar-refractivity contribution in [1.82, 2.24) is 5.32 Å². The van der Waals surface area contributed by atoms with E-state index in [1.807, 2.05) is 18.4 Å². The molecule has 1 amide bonds. The van der Waals surface area contributed by atoms with Crippen LogP contribution in [0.5, 0.6) is 0 Å². The standard InChI is InChI=1S/C15H14F3NO2S2/c1-14(10-4-7-22-11(10)2-5-21-14)8-19-13(20)9-3-6-23-12(9)15(16,17)18/h3-4,6-7H,2,5,8H2,1H3,(H,19,20). The van der Waals surface area contributed by atoms with Gasteiger partial charge in [-0.15, -0.1) is 22.7 Å². The van der Waals surface area contributed by atoms with Crippen molar-refractivity contribution in [3.63, 3.8) is 0 Å². The molecule has 3 heterocycles. The summed E-state index contributed by atoms with van der Waals surface area (Å²) < 4.78 is 44.4. The maximum Gasteiger partial charge on any atom is 0.426 e. The number of ether oxygens (including phenoxy) is 1. The summed E-state index contributed by atoms with van der Waals surface area (Å²) in [5.74, 6) is -0.731. The molecule has 1 aliphatic rings. The Balaban J connectivity index is 1.75. The molecule has 1 aliphatic heterocycles. The zero-order valence-electron chi connectivity index (χ0n) is 12.2. The fourth-order valence-corrected chi connectivity index (χ4v) is 4.39. The molecule has 1 N–H and O–H groups in total. The predicted molar refractivity (Wildman–Crippen MR) is 83.0 cm³/mol. The molecule has 0 fully saturated rings. The normalized spacial score (nSPS) is 21.0. The summed E-state index contributed by atoms with van der Waals surface area (Å²) in [6.07, 6.45) is -3.70. The molecule has 2 aromatic rings. The average molecular weight is 361 g/mol. The molecular weight excluding hydrogens is 347 g/mol. The number of fused-ring (bicyclic) bond motifs is 1. The quantitative estimate of drug-likeness (QED) is 0.896. The van der Waals surface area contributed by atoms with Crippen LogP contribution < -0.4 is 5.32 Å². The first kappa shape index (κ1) is 16.5. The number of alkyl halides is 3. The lowest BCUT2D eigenvalue weighted by Crippen LogP contribution is -2.43. The third-order valence-corrected chi connectivity index (χ3v) is 5.76. The highest BCUT2D eigenvalue weighted by atomic mass is 32.1. The van der Waals surface area contributed by atoms with Crippen molar-refractivity contribution in [3.8, 4) is 0 Å². The number of hydrogen-bond acceptors (Lipinski definition) is 4. The Kier molecular flexibility index (Phi) is 4.24. The van der Waals surface area contributed by atoms with Gasteiger partial charge in [0.2, 0.25) is 0 Å². The molecule has 0 aromatic carbocycles. The number of rotatable bonds is 3. The van der Waals surface area contributed by atoms with Gasteiger partial charge in [-0.2, -0.15) is 13.2 Å². The van der Waals surface area contributed by atoms with Gasteiger partial charge in [0.15, 0.2) is 0 Å². The van der Waals surface area contributed by atoms with Gasteiger partial charge in [0, 0.05) is 11.3 Å². The monoisotopic (exact) mass is 361 g/mol. The van der Waals surface area contributed by atoms with E-state index in [0.29, 0.717) is 17.9 Å². The molecule has 0 bridgehead atoms. The fourth-order valence-electron chi connectivity index (χ4n) is 2.65. The summed E-state index contributed by atoms with van der Waals surface area (Å²) in [6.45, 7) is 2.51. The van der Waals surface area contributed by atoms with Crippen LogP contribution in [0.3, 0.4) is 0 Å². The highest BCUT2D eigenvalue weighted by Gasteiger charge is 2.38. The Morgan fingerprint density at radius 2 is 2.09 bits per heavy atom. The minimum atomic E-state index is -4.52. The highest BCUT2D eigenvalue weighted by Crippen LogP contribution is 2.37. The van der Waals surface area contributed by atoms with E-state index in [-0.39, 0.29) is 12.1 Å². The molecule has 3 nitrogen and oxygen atoms in total. The van der Waals surface area contributed by atoms with Crippen molar-refractivity contribution >= 4 is 28.6 Å². The Morgan fingerprint density at radius 3 is 2.83 bits per heavy atom. The zero-order chi connectivity index (χ0) is 16.7. The molecule has 1 unspecified atom stereocenters. The van der Waals surface area contributed by atoms with Crippen molar-refractivity contribution in [3.05, 3.63) is 43.8 Å². The van der Waals surface area contributed by atoms with Gasteiger partial charge in [-0.3, -0.25) is 4.79 Å². The van der Waals surface area contributed by atoms with Gasteiger partial charge in [-0.25, -0.2) is 0 Å². The molecule has 0 radical (unpaired) electrons. The van der Waals surface area contributed by atoms with E-state index in [1.165, 1.54) is 16.3 Å². The molecule has 0 saturated carbocycles. The van der Waals surface area contributed by atoms with Crippen molar-refractivity contribution in [2.45, 2.75) is 25.1 Å². The summed E-state index contributed by atoms with van der Waals surface area (Å²) in [6, 6.07) is 3.14. The molecule has 0 aliphatic carbocycles. The predicted octanol–water partition coefficient (Wildman–Crippen LogP) is 4.05. The second-order valence-corrected chi connectivity index (χ2v) is 7.35. The van der Waals surface area contributed by atoms with E-state index in [2.05, 4.69) is 5.32 Å². The van der Waals surface area contributed by atoms with Crippen LogP contribution in [0.2, 0.25) is 0 Å². The SMILES string of the molecule is CC1(CNC(=O)c2ccsc2C(F)(F)F)OCCc2sccc21. The zero-order valence-corrected chi connectivity index (χ0v) is 13.8. The number of carbonyl (C=O) groups excluding carboxylic acids is 1. The number of thiophene rings is 2. The smallest absolute Gasteiger partial charge is 0.368 e. The Bertz CT molecular complexity index is 722. The Labute approximate surface area is 139 Å². The van der Waals surface area contributed by atoms with Gasteiger partial charge in [0.1, 0.15) is 10.5 Å². The molecule has 23 heavy (non-hydrogen) atoms. The van der Waals surface area contributed by atoms with Gasteiger partial charge < -0.3 is 10.1 Å². The maximum atomic E-state index is 12.9. The Morgan fingerprint density at radius 1 is 1.35 bits per heavy atom. The van der Waals surface area contributed by atoms with Crippen molar-refractivity contribution in [2.75, 3.05) is 13.2 Å². The van der Waals surface area contributed by atoms with Crippen molar-refractivity contribution in [1.29, 1.82) is 0 Å². The third kappa shape index (κ3) is 3.15. The van der Waals surface area contributed by atoms with Gasteiger partial charge in [0.25, 0.3) is 5.91 Å². The second-order valence-electron chi connectivity index (χ2n) is 5.43. The number of hydrogen-bond donors (Lipinski definition) is 1. The summed E-state index contributed by atoms with van der Waals surface area (Å²) >= 11 is 2.15. The van der Waals surface area contributed by atoms with E-state index in [0.717, 1.165) is 12.0 Å². The third-order valence-electron chi connectivity index (χ3n) is 3.82. The largest absolute Gasteiger partial charge is 0.426 e. The maximum absolute atomic E-state index is 12.9. The van der Waals surface area contributed by atoms with Crippen LogP contribution in [-0.2, 0) is 22.9 Å². The van der Waals surface area contributed by atoms with E-state index in [1.54, 1.807) is 11.3 Å². The first-order chi connectivity index (χ1) is 10.8. The lowest BCUT2D eigenvalue weighted by molar-refractivity contribution is -0.134. The number of carbonyl (C=O) groups is 1. The van der Waals surface area contributed by atoms with Crippen LogP contribution in [0.1, 0.15) is 32.6 Å². The lowest BCUT2D eigenvalue weighted by atomic mass is 9.93. The number of nitrogens with one attached hydrogen (secondary N) is 1. The van der Waals surface area contributed by atoms with Crippen LogP contribution in [0, 0.1) is 0 Å². The van der Waals surface area contributed by atoms with E-state index < -0.39 is 22.6 Å². The minimum absolute atomic E-state index is 0.128. The van der Waals surface area contributed by atoms with Crippen LogP contribution in [0.15, 0.2) is 22.9 Å². The highest BCUT2D eigenvalue weighted by molar-refractivity contribution is 7.10. The molecule has 3 rings (SSSR count). The first-order valence-electron chi connectivity index (χ1n) is 6.95. The van der Waals surface area contributed by atoms with Crippen LogP contribution in [0.4, 0.5) is 13.2 Å². The second kappa shape index (κ2) is 5.92. The van der Waals surface area contributed by atoms with E-state index >= 15 is 0 Å². The average Bonchev–Trinajstić information content (AvgIpc) is 3.13. The summed E-state index contributed by atoms with van der Waals surface area (Å²) in [5, 5.41) is 5.82. The van der Waals surface area contributed by atoms with Gasteiger partial charge in [-0.1, -0.05) is 0 Å². The molecule has 8 heteroatoms. The van der Waals surface area contributed by atoms with Gasteiger partial charge in [0.05, 0.1) is 18.7 Å². The van der Waals surface area contributed by atoms with Crippen molar-refractivity contribution < 1.29 is 22.7 Å². The van der Waals surface area contributed by atoms with Gasteiger partial charge >= 0.3 is 6.18 Å². The van der Waals surface area contributed by atoms with Crippen LogP contribution >= 0.6 is 22.7 Å². The molecule has 0 spiro atoms. The van der Waals surface area contributed by atoms with Crippen molar-refractivity contribution in [2.24, 2.45) is 0 Å². The lowest BCUT2D eigenvalue weighted by Gasteiger charge is -2.34. The molecule has 0 saturated heterocycles. The van der Waals surface area contributed by atoms with Crippen LogP contribution in [-0.4, -0.2) is 19.1 Å².